The molecule has 1 aromatic heterocycles. The van der Waals surface area contributed by atoms with Gasteiger partial charge in [0.1, 0.15) is 0 Å². The van der Waals surface area contributed by atoms with Gasteiger partial charge in [0.2, 0.25) is 0 Å². The van der Waals surface area contributed by atoms with Gasteiger partial charge < -0.3 is 10.3 Å². The van der Waals surface area contributed by atoms with Gasteiger partial charge in [0.15, 0.2) is 5.49 Å². The van der Waals surface area contributed by atoms with Gasteiger partial charge in [-0.25, -0.2) is 10.2 Å². The SMILES string of the molecule is CCCCCCCCCCCCCCCc1c/c(=N/NC(N)=O)n(C)c2ccccc12. The summed E-state index contributed by atoms with van der Waals surface area (Å²) in [5.41, 5.74) is 10.6. The van der Waals surface area contributed by atoms with E-state index in [-0.39, 0.29) is 0 Å². The summed E-state index contributed by atoms with van der Waals surface area (Å²) in [5, 5.41) is 5.42. The van der Waals surface area contributed by atoms with Crippen LogP contribution >= 0.6 is 0 Å². The molecule has 2 amide bonds. The van der Waals surface area contributed by atoms with Crippen molar-refractivity contribution in [3.8, 4) is 0 Å². The molecule has 172 valence electrons. The van der Waals surface area contributed by atoms with E-state index in [2.05, 4.69) is 41.7 Å². The summed E-state index contributed by atoms with van der Waals surface area (Å²) in [4.78, 5) is 11.0. The number of fused-ring (bicyclic) bond motifs is 1. The maximum Gasteiger partial charge on any atom is 0.332 e. The first-order valence-electron chi connectivity index (χ1n) is 12.3. The zero-order valence-electron chi connectivity index (χ0n) is 19.7. The van der Waals surface area contributed by atoms with Crippen molar-refractivity contribution in [3.05, 3.63) is 41.4 Å². The number of nitrogens with one attached hydrogen (secondary N) is 1. The first kappa shape index (κ1) is 25.0. The van der Waals surface area contributed by atoms with Crippen LogP contribution in [0.3, 0.4) is 0 Å². The Kier molecular flexibility index (Phi) is 11.8. The number of aromatic nitrogens is 1. The number of hydrogen-bond acceptors (Lipinski definition) is 2. The molecule has 1 aromatic carbocycles. The molecule has 5 heteroatoms. The predicted octanol–water partition coefficient (Wildman–Crippen LogP) is 6.30. The largest absolute Gasteiger partial charge is 0.350 e. The number of benzene rings is 1. The van der Waals surface area contributed by atoms with E-state index in [1.807, 2.05) is 17.7 Å². The smallest absolute Gasteiger partial charge is 0.332 e. The maximum absolute atomic E-state index is 11.0. The molecule has 1 heterocycles. The predicted molar refractivity (Wildman–Crippen MR) is 131 cm³/mol. The summed E-state index contributed by atoms with van der Waals surface area (Å²) in [7, 11) is 1.96. The van der Waals surface area contributed by atoms with Gasteiger partial charge in [0.05, 0.1) is 0 Å². The number of nitrogens with two attached hydrogens (primary N) is 1. The molecule has 0 aliphatic carbocycles. The highest BCUT2D eigenvalue weighted by Gasteiger charge is 2.06. The minimum atomic E-state index is -0.647. The number of aryl methyl sites for hydroxylation is 2. The number of primary amides is 1. The topological polar surface area (TPSA) is 72.4 Å². The number of para-hydroxylation sites is 1. The van der Waals surface area contributed by atoms with E-state index >= 15 is 0 Å². The van der Waals surface area contributed by atoms with Gasteiger partial charge >= 0.3 is 6.03 Å². The summed E-state index contributed by atoms with van der Waals surface area (Å²) in [5.74, 6) is 0. The van der Waals surface area contributed by atoms with Gasteiger partial charge in [0.25, 0.3) is 0 Å². The van der Waals surface area contributed by atoms with Crippen LogP contribution < -0.4 is 16.6 Å². The fraction of sp³-hybridized carbons (Fsp3) is 0.615. The van der Waals surface area contributed by atoms with Crippen molar-refractivity contribution in [1.82, 2.24) is 9.99 Å². The molecule has 0 bridgehead atoms. The van der Waals surface area contributed by atoms with Crippen LogP contribution in [0.15, 0.2) is 35.4 Å². The molecule has 0 aliphatic rings. The van der Waals surface area contributed by atoms with Gasteiger partial charge in [-0.1, -0.05) is 102 Å². The molecule has 0 saturated heterocycles. The maximum atomic E-state index is 11.0. The second-order valence-corrected chi connectivity index (χ2v) is 8.68. The molecule has 0 atom stereocenters. The molecule has 3 N–H and O–H groups in total. The lowest BCUT2D eigenvalue weighted by Gasteiger charge is -2.12. The van der Waals surface area contributed by atoms with Crippen molar-refractivity contribution < 1.29 is 4.79 Å². The normalized spacial score (nSPS) is 11.9. The Labute approximate surface area is 188 Å². The number of nitrogens with zero attached hydrogens (tertiary/aromatic N) is 2. The van der Waals surface area contributed by atoms with Gasteiger partial charge in [-0.2, -0.15) is 5.10 Å². The summed E-state index contributed by atoms with van der Waals surface area (Å²) in [6.07, 6.45) is 18.7. The molecular weight excluding hydrogens is 384 g/mol. The molecule has 31 heavy (non-hydrogen) atoms. The van der Waals surface area contributed by atoms with Crippen LogP contribution in [-0.4, -0.2) is 10.6 Å². The number of amides is 2. The van der Waals surface area contributed by atoms with Crippen molar-refractivity contribution in [2.45, 2.75) is 96.8 Å². The molecule has 0 unspecified atom stereocenters. The lowest BCUT2D eigenvalue weighted by molar-refractivity contribution is 0.249. The number of pyridine rings is 1. The number of rotatable bonds is 15. The van der Waals surface area contributed by atoms with Gasteiger partial charge in [-0.05, 0) is 30.5 Å². The minimum Gasteiger partial charge on any atom is -0.350 e. The Morgan fingerprint density at radius 1 is 0.903 bits per heavy atom. The van der Waals surface area contributed by atoms with E-state index in [9.17, 15) is 4.79 Å². The number of carbonyl (C=O) groups excluding carboxylic acids is 1. The third kappa shape index (κ3) is 9.16. The van der Waals surface area contributed by atoms with Crippen molar-refractivity contribution in [3.63, 3.8) is 0 Å². The van der Waals surface area contributed by atoms with E-state index in [1.54, 1.807) is 0 Å². The van der Waals surface area contributed by atoms with Crippen LogP contribution in [0.5, 0.6) is 0 Å². The quantitative estimate of drug-likeness (QED) is 0.255. The Bertz CT molecular complexity index is 856. The fourth-order valence-electron chi connectivity index (χ4n) is 4.25. The zero-order valence-corrected chi connectivity index (χ0v) is 19.7. The van der Waals surface area contributed by atoms with Gasteiger partial charge in [0, 0.05) is 18.0 Å². The average Bonchev–Trinajstić information content (AvgIpc) is 2.77. The highest BCUT2D eigenvalue weighted by Crippen LogP contribution is 2.19. The molecule has 2 aromatic rings. The van der Waals surface area contributed by atoms with Gasteiger partial charge in [-0.3, -0.25) is 0 Å². The Morgan fingerprint density at radius 2 is 1.45 bits per heavy atom. The standard InChI is InChI=1S/C26H42N4O/c1-3-4-5-6-7-8-9-10-11-12-13-14-15-18-22-21-25(28-29-26(27)31)30(2)24-20-17-16-19-23(22)24/h16-17,19-21H,3-15,18H2,1-2H3,(H3,27,29,31)/b28-25-. The van der Waals surface area contributed by atoms with Gasteiger partial charge in [-0.15, -0.1) is 0 Å². The second kappa shape index (κ2) is 14.7. The number of carbonyl (C=O) groups is 1. The van der Waals surface area contributed by atoms with Crippen LogP contribution in [0.4, 0.5) is 4.79 Å². The van der Waals surface area contributed by atoms with Crippen molar-refractivity contribution in [1.29, 1.82) is 0 Å². The van der Waals surface area contributed by atoms with Crippen molar-refractivity contribution in [2.75, 3.05) is 0 Å². The summed E-state index contributed by atoms with van der Waals surface area (Å²) in [6, 6.07) is 9.78. The van der Waals surface area contributed by atoms with Crippen LogP contribution in [-0.2, 0) is 13.5 Å². The highest BCUT2D eigenvalue weighted by molar-refractivity contribution is 5.82. The first-order valence-corrected chi connectivity index (χ1v) is 12.3. The lowest BCUT2D eigenvalue weighted by Crippen LogP contribution is -2.30. The number of unbranched alkanes of at least 4 members (excludes halogenated alkanes) is 12. The lowest BCUT2D eigenvalue weighted by atomic mass is 10.0. The molecule has 2 rings (SSSR count). The van der Waals surface area contributed by atoms with Crippen molar-refractivity contribution in [2.24, 2.45) is 17.9 Å². The second-order valence-electron chi connectivity index (χ2n) is 8.68. The molecule has 0 aliphatic heterocycles. The first-order chi connectivity index (χ1) is 15.1. The fourth-order valence-corrected chi connectivity index (χ4v) is 4.25. The molecular formula is C26H42N4O. The van der Waals surface area contributed by atoms with Crippen LogP contribution in [0.2, 0.25) is 0 Å². The van der Waals surface area contributed by atoms with Crippen molar-refractivity contribution >= 4 is 16.9 Å². The van der Waals surface area contributed by atoms with Crippen LogP contribution in [0, 0.1) is 0 Å². The Hall–Kier alpha value is -2.30. The summed E-state index contributed by atoms with van der Waals surface area (Å²) in [6.45, 7) is 2.28. The highest BCUT2D eigenvalue weighted by atomic mass is 16.2. The van der Waals surface area contributed by atoms with E-state index < -0.39 is 6.03 Å². The van der Waals surface area contributed by atoms with E-state index in [4.69, 9.17) is 5.73 Å². The monoisotopic (exact) mass is 426 g/mol. The zero-order chi connectivity index (χ0) is 22.3. The minimum absolute atomic E-state index is 0.647. The molecule has 0 radical (unpaired) electrons. The third-order valence-corrected chi connectivity index (χ3v) is 6.09. The Balaban J connectivity index is 1.73. The molecule has 0 saturated carbocycles. The third-order valence-electron chi connectivity index (χ3n) is 6.09. The molecule has 5 nitrogen and oxygen atoms in total. The number of hydrogen-bond donors (Lipinski definition) is 2. The van der Waals surface area contributed by atoms with E-state index in [1.165, 1.54) is 94.4 Å². The van der Waals surface area contributed by atoms with E-state index in [0.717, 1.165) is 11.9 Å². The molecule has 0 fully saturated rings. The van der Waals surface area contributed by atoms with Crippen LogP contribution in [0.25, 0.3) is 10.9 Å². The Morgan fingerprint density at radius 3 is 2.03 bits per heavy atom. The average molecular weight is 427 g/mol. The van der Waals surface area contributed by atoms with Crippen LogP contribution in [0.1, 0.15) is 96.0 Å². The van der Waals surface area contributed by atoms with E-state index in [0.29, 0.717) is 5.49 Å². The molecule has 0 spiro atoms. The summed E-state index contributed by atoms with van der Waals surface area (Å²) < 4.78 is 1.98. The summed E-state index contributed by atoms with van der Waals surface area (Å²) >= 11 is 0. The number of urea groups is 1.